The van der Waals surface area contributed by atoms with E-state index in [1.165, 1.54) is 31.2 Å². The zero-order valence-corrected chi connectivity index (χ0v) is 24.5. The fraction of sp³-hybridized carbons (Fsp3) is 0.259. The van der Waals surface area contributed by atoms with Crippen LogP contribution in [-0.2, 0) is 32.6 Å². The molecule has 40 heavy (non-hydrogen) atoms. The summed E-state index contributed by atoms with van der Waals surface area (Å²) in [6.45, 7) is -0.737. The molecule has 0 aliphatic carbocycles. The van der Waals surface area contributed by atoms with Gasteiger partial charge in [0.1, 0.15) is 24.0 Å². The highest BCUT2D eigenvalue weighted by molar-refractivity contribution is 9.10. The number of sulfonamides is 1. The Labute approximate surface area is 241 Å². The van der Waals surface area contributed by atoms with Crippen molar-refractivity contribution >= 4 is 49.1 Å². The van der Waals surface area contributed by atoms with E-state index < -0.39 is 39.3 Å². The van der Waals surface area contributed by atoms with Crippen LogP contribution in [0.1, 0.15) is 11.1 Å². The molecule has 13 heteroatoms. The molecule has 11 nitrogen and oxygen atoms in total. The number of methoxy groups -OCH3 is 1. The minimum absolute atomic E-state index is 0.00708. The van der Waals surface area contributed by atoms with Crippen molar-refractivity contribution in [1.29, 1.82) is 0 Å². The average Bonchev–Trinajstić information content (AvgIpc) is 2.92. The highest BCUT2D eigenvalue weighted by atomic mass is 79.9. The summed E-state index contributed by atoms with van der Waals surface area (Å²) in [6, 6.07) is 18.8. The Balaban J connectivity index is 2.10. The quantitative estimate of drug-likeness (QED) is 0.238. The number of nitro benzene ring substituents is 1. The molecule has 3 aromatic rings. The van der Waals surface area contributed by atoms with Gasteiger partial charge in [0, 0.05) is 36.6 Å². The third-order valence-electron chi connectivity index (χ3n) is 6.08. The van der Waals surface area contributed by atoms with Crippen molar-refractivity contribution in [3.63, 3.8) is 0 Å². The number of non-ortho nitro benzene ring substituents is 1. The second-order valence-electron chi connectivity index (χ2n) is 8.85. The SMILES string of the molecule is CNC(=O)[C@H](Cc1ccccc1)N(Cc1cccc(Br)c1)C(=O)CN(c1cc([N+](=O)[O-])ccc1OC)S(C)(=O)=O. The number of hydrogen-bond acceptors (Lipinski definition) is 7. The largest absolute Gasteiger partial charge is 0.495 e. The van der Waals surface area contributed by atoms with Crippen molar-refractivity contribution in [3.8, 4) is 5.75 Å². The summed E-state index contributed by atoms with van der Waals surface area (Å²) < 4.78 is 32.6. The third-order valence-corrected chi connectivity index (χ3v) is 7.70. The number of nitrogens with zero attached hydrogens (tertiary/aromatic N) is 3. The lowest BCUT2D eigenvalue weighted by Crippen LogP contribution is -2.52. The van der Waals surface area contributed by atoms with Crippen LogP contribution in [0.5, 0.6) is 5.75 Å². The standard InChI is InChI=1S/C27H29BrN4O7S/c1-29-27(34)24(15-19-8-5-4-6-9-19)30(17-20-10-7-11-21(28)14-20)26(33)18-31(40(3,37)38)23-16-22(32(35)36)12-13-25(23)39-2/h4-14,16,24H,15,17-18H2,1-3H3,(H,29,34)/t24-/m0/s1. The molecule has 0 aromatic heterocycles. The van der Waals surface area contributed by atoms with E-state index >= 15 is 0 Å². The molecule has 1 N–H and O–H groups in total. The molecule has 0 heterocycles. The monoisotopic (exact) mass is 632 g/mol. The van der Waals surface area contributed by atoms with E-state index in [1.807, 2.05) is 36.4 Å². The molecule has 212 valence electrons. The van der Waals surface area contributed by atoms with Crippen LogP contribution in [-0.4, -0.2) is 63.1 Å². The van der Waals surface area contributed by atoms with Gasteiger partial charge >= 0.3 is 0 Å². The van der Waals surface area contributed by atoms with Crippen LogP contribution in [0, 0.1) is 10.1 Å². The number of ether oxygens (including phenoxy) is 1. The Hall–Kier alpha value is -3.97. The Morgan fingerprint density at radius 2 is 1.73 bits per heavy atom. The highest BCUT2D eigenvalue weighted by Gasteiger charge is 2.34. The number of anilines is 1. The summed E-state index contributed by atoms with van der Waals surface area (Å²) in [7, 11) is -1.39. The number of amides is 2. The molecule has 0 unspecified atom stereocenters. The Kier molecular flexibility index (Phi) is 10.2. The lowest BCUT2D eigenvalue weighted by molar-refractivity contribution is -0.384. The van der Waals surface area contributed by atoms with Crippen molar-refractivity contribution in [3.05, 3.63) is 98.5 Å². The number of rotatable bonds is 12. The maximum Gasteiger partial charge on any atom is 0.271 e. The van der Waals surface area contributed by atoms with Gasteiger partial charge in [0.2, 0.25) is 21.8 Å². The van der Waals surface area contributed by atoms with Crippen molar-refractivity contribution < 1.29 is 27.7 Å². The lowest BCUT2D eigenvalue weighted by Gasteiger charge is -2.33. The maximum absolute atomic E-state index is 14.0. The van der Waals surface area contributed by atoms with Gasteiger partial charge in [0.25, 0.3) is 5.69 Å². The molecule has 2 amide bonds. The number of benzene rings is 3. The van der Waals surface area contributed by atoms with Crippen molar-refractivity contribution in [2.45, 2.75) is 19.0 Å². The first kappa shape index (κ1) is 30.6. The van der Waals surface area contributed by atoms with E-state index in [9.17, 15) is 28.1 Å². The van der Waals surface area contributed by atoms with E-state index in [-0.39, 0.29) is 30.1 Å². The summed E-state index contributed by atoms with van der Waals surface area (Å²) >= 11 is 3.41. The molecule has 0 spiro atoms. The first-order chi connectivity index (χ1) is 18.9. The third kappa shape index (κ3) is 7.79. The molecule has 0 saturated heterocycles. The van der Waals surface area contributed by atoms with E-state index in [0.717, 1.165) is 26.7 Å². The van der Waals surface area contributed by atoms with Crippen molar-refractivity contribution in [2.75, 3.05) is 31.3 Å². The molecule has 0 aliphatic rings. The topological polar surface area (TPSA) is 139 Å². The normalized spacial score (nSPS) is 11.8. The van der Waals surface area contributed by atoms with Crippen LogP contribution in [0.2, 0.25) is 0 Å². The summed E-state index contributed by atoms with van der Waals surface area (Å²) in [6.07, 6.45) is 1.05. The number of nitrogens with one attached hydrogen (secondary N) is 1. The van der Waals surface area contributed by atoms with Crippen LogP contribution < -0.4 is 14.4 Å². The number of carbonyl (C=O) groups excluding carboxylic acids is 2. The Morgan fingerprint density at radius 3 is 2.30 bits per heavy atom. The van der Waals surface area contributed by atoms with Gasteiger partial charge in [-0.1, -0.05) is 58.4 Å². The number of halogens is 1. The fourth-order valence-corrected chi connectivity index (χ4v) is 5.43. The molecule has 3 rings (SSSR count). The van der Waals surface area contributed by atoms with E-state index in [2.05, 4.69) is 21.2 Å². The Morgan fingerprint density at radius 1 is 1.05 bits per heavy atom. The predicted octanol–water partition coefficient (Wildman–Crippen LogP) is 3.52. The summed E-state index contributed by atoms with van der Waals surface area (Å²) in [5.74, 6) is -1.11. The molecule has 0 fully saturated rings. The number of nitro groups is 1. The zero-order valence-electron chi connectivity index (χ0n) is 22.1. The smallest absolute Gasteiger partial charge is 0.271 e. The molecular weight excluding hydrogens is 604 g/mol. The highest BCUT2D eigenvalue weighted by Crippen LogP contribution is 2.34. The molecular formula is C27H29BrN4O7S. The zero-order chi connectivity index (χ0) is 29.4. The fourth-order valence-electron chi connectivity index (χ4n) is 4.13. The minimum atomic E-state index is -4.14. The van der Waals surface area contributed by atoms with E-state index in [1.54, 1.807) is 18.2 Å². The van der Waals surface area contributed by atoms with Gasteiger partial charge in [0.05, 0.1) is 18.3 Å². The number of likely N-dealkylation sites (N-methyl/N-ethyl adjacent to an activating group) is 1. The van der Waals surface area contributed by atoms with Gasteiger partial charge in [-0.25, -0.2) is 8.42 Å². The number of carbonyl (C=O) groups is 2. The van der Waals surface area contributed by atoms with Gasteiger partial charge in [-0.05, 0) is 29.3 Å². The van der Waals surface area contributed by atoms with Gasteiger partial charge in [0.15, 0.2) is 0 Å². The predicted molar refractivity (Wildman–Crippen MR) is 155 cm³/mol. The van der Waals surface area contributed by atoms with Crippen LogP contribution in [0.15, 0.2) is 77.3 Å². The van der Waals surface area contributed by atoms with Gasteiger partial charge in [-0.3, -0.25) is 24.0 Å². The van der Waals surface area contributed by atoms with Gasteiger partial charge < -0.3 is 15.0 Å². The summed E-state index contributed by atoms with van der Waals surface area (Å²) in [4.78, 5) is 39.2. The maximum atomic E-state index is 14.0. The molecule has 0 radical (unpaired) electrons. The first-order valence-electron chi connectivity index (χ1n) is 12.0. The van der Waals surface area contributed by atoms with Crippen LogP contribution in [0.3, 0.4) is 0 Å². The van der Waals surface area contributed by atoms with Crippen LogP contribution >= 0.6 is 15.9 Å². The van der Waals surface area contributed by atoms with E-state index in [4.69, 9.17) is 4.74 Å². The van der Waals surface area contributed by atoms with Gasteiger partial charge in [-0.2, -0.15) is 0 Å². The molecule has 0 bridgehead atoms. The Bertz CT molecular complexity index is 1490. The summed E-state index contributed by atoms with van der Waals surface area (Å²) in [5, 5.41) is 14.0. The van der Waals surface area contributed by atoms with Crippen LogP contribution in [0.25, 0.3) is 0 Å². The minimum Gasteiger partial charge on any atom is -0.495 e. The first-order valence-corrected chi connectivity index (χ1v) is 14.7. The second-order valence-corrected chi connectivity index (χ2v) is 11.7. The molecule has 0 aliphatic heterocycles. The summed E-state index contributed by atoms with van der Waals surface area (Å²) in [5.41, 5.74) is 0.941. The molecule has 1 atom stereocenters. The van der Waals surface area contributed by atoms with Crippen LogP contribution in [0.4, 0.5) is 11.4 Å². The number of hydrogen-bond donors (Lipinski definition) is 1. The molecule has 3 aromatic carbocycles. The van der Waals surface area contributed by atoms with E-state index in [0.29, 0.717) is 5.56 Å². The van der Waals surface area contributed by atoms with Crippen molar-refractivity contribution in [2.24, 2.45) is 0 Å². The van der Waals surface area contributed by atoms with Gasteiger partial charge in [-0.15, -0.1) is 0 Å². The second kappa shape index (κ2) is 13.4. The van der Waals surface area contributed by atoms with Crippen molar-refractivity contribution in [1.82, 2.24) is 10.2 Å². The lowest BCUT2D eigenvalue weighted by atomic mass is 10.0. The average molecular weight is 634 g/mol. The molecule has 0 saturated carbocycles.